The minimum Gasteiger partial charge on any atom is -0.490 e. The first-order valence-corrected chi connectivity index (χ1v) is 7.19. The molecule has 0 aliphatic heterocycles. The van der Waals surface area contributed by atoms with Gasteiger partial charge in [0.1, 0.15) is 5.75 Å². The fraction of sp³-hybridized carbons (Fsp3) is 0.625. The Morgan fingerprint density at radius 2 is 1.83 bits per heavy atom. The molecule has 18 heavy (non-hydrogen) atoms. The van der Waals surface area contributed by atoms with Crippen molar-refractivity contribution in [2.24, 2.45) is 5.73 Å². The minimum atomic E-state index is 0.0337. The van der Waals surface area contributed by atoms with Gasteiger partial charge in [0.25, 0.3) is 0 Å². The molecule has 1 fully saturated rings. The third-order valence-corrected chi connectivity index (χ3v) is 3.76. The normalized spacial score (nSPS) is 19.3. The second-order valence-corrected chi connectivity index (χ2v) is 5.56. The monoisotopic (exact) mass is 247 g/mol. The first-order chi connectivity index (χ1) is 8.66. The molecule has 0 radical (unpaired) electrons. The van der Waals surface area contributed by atoms with E-state index in [0.717, 1.165) is 11.3 Å². The van der Waals surface area contributed by atoms with Gasteiger partial charge in [0, 0.05) is 11.6 Å². The van der Waals surface area contributed by atoms with Gasteiger partial charge < -0.3 is 10.5 Å². The summed E-state index contributed by atoms with van der Waals surface area (Å²) in [4.78, 5) is 0. The first-order valence-electron chi connectivity index (χ1n) is 7.19. The summed E-state index contributed by atoms with van der Waals surface area (Å²) in [5.74, 6) is 0.997. The second kappa shape index (κ2) is 6.24. The van der Waals surface area contributed by atoms with Crippen molar-refractivity contribution in [3.63, 3.8) is 0 Å². The van der Waals surface area contributed by atoms with E-state index in [1.165, 1.54) is 44.1 Å². The third kappa shape index (κ3) is 3.49. The lowest BCUT2D eigenvalue weighted by Crippen LogP contribution is -2.17. The summed E-state index contributed by atoms with van der Waals surface area (Å²) in [6.07, 6.45) is 8.06. The van der Waals surface area contributed by atoms with Crippen molar-refractivity contribution in [1.29, 1.82) is 0 Å². The van der Waals surface area contributed by atoms with Crippen LogP contribution in [0.5, 0.6) is 5.75 Å². The lowest BCUT2D eigenvalue weighted by Gasteiger charge is -2.21. The topological polar surface area (TPSA) is 35.2 Å². The van der Waals surface area contributed by atoms with Gasteiger partial charge in [-0.2, -0.15) is 0 Å². The number of ether oxygens (including phenoxy) is 1. The maximum absolute atomic E-state index is 6.23. The molecule has 0 saturated heterocycles. The van der Waals surface area contributed by atoms with Crippen molar-refractivity contribution >= 4 is 0 Å². The van der Waals surface area contributed by atoms with E-state index >= 15 is 0 Å². The zero-order valence-corrected chi connectivity index (χ0v) is 11.6. The standard InChI is InChI=1S/C16H25NO/c1-12-9-10-15(13(2)17)16(11-12)18-14-7-5-3-4-6-8-14/h9-11,13-14H,3-8,17H2,1-2H3. The Labute approximate surface area is 111 Å². The highest BCUT2D eigenvalue weighted by Gasteiger charge is 2.16. The van der Waals surface area contributed by atoms with Crippen LogP contribution in [0.1, 0.15) is 62.6 Å². The maximum atomic E-state index is 6.23. The Bertz CT molecular complexity index is 379. The Morgan fingerprint density at radius 3 is 2.44 bits per heavy atom. The van der Waals surface area contributed by atoms with E-state index in [9.17, 15) is 0 Å². The molecule has 100 valence electrons. The van der Waals surface area contributed by atoms with Crippen LogP contribution in [0.25, 0.3) is 0 Å². The second-order valence-electron chi connectivity index (χ2n) is 5.56. The van der Waals surface area contributed by atoms with Gasteiger partial charge in [-0.05, 0) is 51.2 Å². The highest BCUT2D eigenvalue weighted by atomic mass is 16.5. The molecule has 1 aliphatic rings. The van der Waals surface area contributed by atoms with Crippen LogP contribution in [0.3, 0.4) is 0 Å². The average molecular weight is 247 g/mol. The van der Waals surface area contributed by atoms with Crippen molar-refractivity contribution in [2.75, 3.05) is 0 Å². The SMILES string of the molecule is Cc1ccc(C(C)N)c(OC2CCCCCC2)c1. The van der Waals surface area contributed by atoms with Gasteiger partial charge in [-0.15, -0.1) is 0 Å². The molecule has 2 N–H and O–H groups in total. The van der Waals surface area contributed by atoms with E-state index in [0.29, 0.717) is 6.10 Å². The molecule has 1 aromatic rings. The van der Waals surface area contributed by atoms with Gasteiger partial charge in [0.2, 0.25) is 0 Å². The molecule has 2 heteroatoms. The van der Waals surface area contributed by atoms with Gasteiger partial charge in [0.05, 0.1) is 6.10 Å². The Hall–Kier alpha value is -1.02. The summed E-state index contributed by atoms with van der Waals surface area (Å²) in [5, 5.41) is 0. The van der Waals surface area contributed by atoms with Crippen LogP contribution in [0, 0.1) is 6.92 Å². The molecule has 0 bridgehead atoms. The zero-order valence-electron chi connectivity index (χ0n) is 11.6. The molecule has 0 amide bonds. The number of benzene rings is 1. The van der Waals surface area contributed by atoms with Crippen LogP contribution in [0.15, 0.2) is 18.2 Å². The van der Waals surface area contributed by atoms with E-state index in [-0.39, 0.29) is 6.04 Å². The van der Waals surface area contributed by atoms with Gasteiger partial charge in [-0.3, -0.25) is 0 Å². The molecule has 1 saturated carbocycles. The number of hydrogen-bond acceptors (Lipinski definition) is 2. The van der Waals surface area contributed by atoms with Crippen molar-refractivity contribution < 1.29 is 4.74 Å². The molecule has 1 unspecified atom stereocenters. The minimum absolute atomic E-state index is 0.0337. The van der Waals surface area contributed by atoms with Crippen molar-refractivity contribution in [1.82, 2.24) is 0 Å². The highest BCUT2D eigenvalue weighted by molar-refractivity contribution is 5.39. The maximum Gasteiger partial charge on any atom is 0.124 e. The van der Waals surface area contributed by atoms with Crippen LogP contribution in [0.4, 0.5) is 0 Å². The Balaban J connectivity index is 2.13. The lowest BCUT2D eigenvalue weighted by molar-refractivity contribution is 0.181. The van der Waals surface area contributed by atoms with Crippen molar-refractivity contribution in [3.05, 3.63) is 29.3 Å². The van der Waals surface area contributed by atoms with E-state index in [2.05, 4.69) is 25.1 Å². The fourth-order valence-electron chi connectivity index (χ4n) is 2.66. The van der Waals surface area contributed by atoms with Gasteiger partial charge in [0.15, 0.2) is 0 Å². The number of rotatable bonds is 3. The predicted molar refractivity (Wildman–Crippen MR) is 75.9 cm³/mol. The molecule has 1 aliphatic carbocycles. The largest absolute Gasteiger partial charge is 0.490 e. The molecule has 0 heterocycles. The molecule has 2 rings (SSSR count). The number of nitrogens with two attached hydrogens (primary N) is 1. The zero-order chi connectivity index (χ0) is 13.0. The predicted octanol–water partition coefficient (Wildman–Crippen LogP) is 4.12. The van der Waals surface area contributed by atoms with Crippen LogP contribution >= 0.6 is 0 Å². The first kappa shape index (κ1) is 13.4. The molecule has 2 nitrogen and oxygen atoms in total. The van der Waals surface area contributed by atoms with Crippen LogP contribution < -0.4 is 10.5 Å². The molecule has 0 spiro atoms. The third-order valence-electron chi connectivity index (χ3n) is 3.76. The summed E-state index contributed by atoms with van der Waals surface area (Å²) < 4.78 is 6.23. The summed E-state index contributed by atoms with van der Waals surface area (Å²) >= 11 is 0. The van der Waals surface area contributed by atoms with Crippen molar-refractivity contribution in [2.45, 2.75) is 64.5 Å². The Morgan fingerprint density at radius 1 is 1.17 bits per heavy atom. The summed E-state index contributed by atoms with van der Waals surface area (Å²) in [5.41, 5.74) is 8.39. The van der Waals surface area contributed by atoms with E-state index in [1.54, 1.807) is 0 Å². The average Bonchev–Trinajstić information content (AvgIpc) is 2.57. The summed E-state index contributed by atoms with van der Waals surface area (Å²) in [6, 6.07) is 6.38. The molecule has 0 aromatic heterocycles. The van der Waals surface area contributed by atoms with Gasteiger partial charge >= 0.3 is 0 Å². The van der Waals surface area contributed by atoms with Gasteiger partial charge in [-0.25, -0.2) is 0 Å². The van der Waals surface area contributed by atoms with Crippen molar-refractivity contribution in [3.8, 4) is 5.75 Å². The smallest absolute Gasteiger partial charge is 0.124 e. The van der Waals surface area contributed by atoms with Crippen LogP contribution in [-0.4, -0.2) is 6.10 Å². The quantitative estimate of drug-likeness (QED) is 0.816. The van der Waals surface area contributed by atoms with Crippen LogP contribution in [-0.2, 0) is 0 Å². The summed E-state index contributed by atoms with van der Waals surface area (Å²) in [7, 11) is 0. The lowest BCUT2D eigenvalue weighted by atomic mass is 10.1. The molecule has 1 atom stereocenters. The molecule has 1 aromatic carbocycles. The summed E-state index contributed by atoms with van der Waals surface area (Å²) in [6.45, 7) is 4.12. The number of hydrogen-bond donors (Lipinski definition) is 1. The van der Waals surface area contributed by atoms with Crippen LogP contribution in [0.2, 0.25) is 0 Å². The van der Waals surface area contributed by atoms with E-state index in [1.807, 2.05) is 6.92 Å². The number of aryl methyl sites for hydroxylation is 1. The van der Waals surface area contributed by atoms with E-state index < -0.39 is 0 Å². The molecular formula is C16H25NO. The Kier molecular flexibility index (Phi) is 4.65. The fourth-order valence-corrected chi connectivity index (χ4v) is 2.66. The van der Waals surface area contributed by atoms with Gasteiger partial charge in [-0.1, -0.05) is 25.0 Å². The van der Waals surface area contributed by atoms with E-state index in [4.69, 9.17) is 10.5 Å². The molecular weight excluding hydrogens is 222 g/mol. The highest BCUT2D eigenvalue weighted by Crippen LogP contribution is 2.29.